The fourth-order valence-electron chi connectivity index (χ4n) is 1.25. The zero-order valence-electron chi connectivity index (χ0n) is 9.90. The lowest BCUT2D eigenvalue weighted by molar-refractivity contribution is -0.144. The van der Waals surface area contributed by atoms with Crippen LogP contribution in [0.4, 0.5) is 0 Å². The number of carbonyl (C=O) groups is 1. The number of halogens is 1. The Kier molecular flexibility index (Phi) is 6.62. The van der Waals surface area contributed by atoms with Crippen LogP contribution in [-0.2, 0) is 9.53 Å². The van der Waals surface area contributed by atoms with Crippen molar-refractivity contribution in [3.8, 4) is 0 Å². The largest absolute Gasteiger partial charge is 0.465 e. The number of carbonyl (C=O) groups excluding carboxylic acids is 1. The second kappa shape index (κ2) is 7.74. The highest BCUT2D eigenvalue weighted by atomic mass is 79.9. The third kappa shape index (κ3) is 5.10. The van der Waals surface area contributed by atoms with E-state index in [1.807, 2.05) is 31.2 Å². The maximum Gasteiger partial charge on any atom is 0.323 e. The highest BCUT2D eigenvalue weighted by Crippen LogP contribution is 2.22. The van der Waals surface area contributed by atoms with Crippen molar-refractivity contribution < 1.29 is 9.53 Å². The van der Waals surface area contributed by atoms with Crippen molar-refractivity contribution in [1.29, 1.82) is 0 Å². The lowest BCUT2D eigenvalue weighted by atomic mass is 10.3. The fraction of sp³-hybridized carbons (Fsp3) is 0.417. The van der Waals surface area contributed by atoms with Crippen LogP contribution in [0, 0.1) is 0 Å². The molecule has 0 spiro atoms. The highest BCUT2D eigenvalue weighted by molar-refractivity contribution is 9.10. The summed E-state index contributed by atoms with van der Waals surface area (Å²) in [5.41, 5.74) is 0. The summed E-state index contributed by atoms with van der Waals surface area (Å²) >= 11 is 5.05. The number of nitrogens with one attached hydrogen (secondary N) is 1. The van der Waals surface area contributed by atoms with Gasteiger partial charge in [0.2, 0.25) is 0 Å². The van der Waals surface area contributed by atoms with Crippen molar-refractivity contribution in [2.75, 3.05) is 19.4 Å². The summed E-state index contributed by atoms with van der Waals surface area (Å²) in [6, 6.07) is 7.74. The minimum absolute atomic E-state index is 0.197. The third-order valence-electron chi connectivity index (χ3n) is 2.13. The smallest absolute Gasteiger partial charge is 0.323 e. The van der Waals surface area contributed by atoms with Gasteiger partial charge in [0.15, 0.2) is 0 Å². The molecule has 0 saturated heterocycles. The highest BCUT2D eigenvalue weighted by Gasteiger charge is 2.17. The van der Waals surface area contributed by atoms with Gasteiger partial charge in [0.25, 0.3) is 0 Å². The molecule has 94 valence electrons. The molecule has 17 heavy (non-hydrogen) atoms. The SMILES string of the molecule is CCOC(=O)C(CSc1cccc(Br)c1)NC. The number of hydrogen-bond donors (Lipinski definition) is 1. The molecule has 0 bridgehead atoms. The Morgan fingerprint density at radius 2 is 2.35 bits per heavy atom. The van der Waals surface area contributed by atoms with Gasteiger partial charge in [0, 0.05) is 15.1 Å². The van der Waals surface area contributed by atoms with Crippen LogP contribution in [0.1, 0.15) is 6.92 Å². The molecule has 0 amide bonds. The van der Waals surface area contributed by atoms with Gasteiger partial charge in [-0.3, -0.25) is 4.79 Å². The number of esters is 1. The van der Waals surface area contributed by atoms with Crippen molar-refractivity contribution in [3.63, 3.8) is 0 Å². The third-order valence-corrected chi connectivity index (χ3v) is 3.71. The molecule has 0 aromatic heterocycles. The maximum absolute atomic E-state index is 11.6. The van der Waals surface area contributed by atoms with E-state index in [0.29, 0.717) is 12.4 Å². The summed E-state index contributed by atoms with van der Waals surface area (Å²) < 4.78 is 6.02. The number of ether oxygens (including phenoxy) is 1. The number of rotatable bonds is 6. The van der Waals surface area contributed by atoms with Crippen molar-refractivity contribution in [3.05, 3.63) is 28.7 Å². The van der Waals surface area contributed by atoms with Gasteiger partial charge in [0.1, 0.15) is 6.04 Å². The molecule has 0 aliphatic carbocycles. The molecule has 0 saturated carbocycles. The molecule has 0 radical (unpaired) electrons. The number of thioether (sulfide) groups is 1. The van der Waals surface area contributed by atoms with Gasteiger partial charge in [0.05, 0.1) is 6.61 Å². The van der Waals surface area contributed by atoms with Crippen LogP contribution in [0.15, 0.2) is 33.6 Å². The molecule has 1 atom stereocenters. The Labute approximate surface area is 114 Å². The Balaban J connectivity index is 2.50. The van der Waals surface area contributed by atoms with E-state index in [1.165, 1.54) is 0 Å². The molecular formula is C12H16BrNO2S. The van der Waals surface area contributed by atoms with Gasteiger partial charge in [-0.25, -0.2) is 0 Å². The van der Waals surface area contributed by atoms with Crippen molar-refractivity contribution in [1.82, 2.24) is 5.32 Å². The normalized spacial score (nSPS) is 12.2. The molecular weight excluding hydrogens is 302 g/mol. The molecule has 1 aromatic carbocycles. The Hall–Kier alpha value is -0.520. The van der Waals surface area contributed by atoms with Crippen LogP contribution in [0.25, 0.3) is 0 Å². The molecule has 1 rings (SSSR count). The van der Waals surface area contributed by atoms with Crippen LogP contribution < -0.4 is 5.32 Å². The minimum Gasteiger partial charge on any atom is -0.465 e. The first kappa shape index (κ1) is 14.5. The van der Waals surface area contributed by atoms with Gasteiger partial charge in [-0.05, 0) is 32.2 Å². The second-order valence-electron chi connectivity index (χ2n) is 3.36. The molecule has 5 heteroatoms. The topological polar surface area (TPSA) is 38.3 Å². The maximum atomic E-state index is 11.6. The summed E-state index contributed by atoms with van der Waals surface area (Å²) in [7, 11) is 1.77. The number of hydrogen-bond acceptors (Lipinski definition) is 4. The second-order valence-corrected chi connectivity index (χ2v) is 5.37. The van der Waals surface area contributed by atoms with Crippen LogP contribution in [0.3, 0.4) is 0 Å². The Morgan fingerprint density at radius 1 is 1.59 bits per heavy atom. The van der Waals surface area contributed by atoms with E-state index >= 15 is 0 Å². The Bertz CT molecular complexity index is 373. The van der Waals surface area contributed by atoms with Crippen LogP contribution >= 0.6 is 27.7 Å². The van der Waals surface area contributed by atoms with E-state index in [0.717, 1.165) is 9.37 Å². The molecule has 1 N–H and O–H groups in total. The first-order valence-corrected chi connectivity index (χ1v) is 7.17. The van der Waals surface area contributed by atoms with Crippen LogP contribution in [-0.4, -0.2) is 31.4 Å². The van der Waals surface area contributed by atoms with Gasteiger partial charge in [-0.1, -0.05) is 22.0 Å². The number of benzene rings is 1. The van der Waals surface area contributed by atoms with Crippen molar-refractivity contribution >= 4 is 33.7 Å². The summed E-state index contributed by atoms with van der Waals surface area (Å²) in [5, 5.41) is 2.96. The summed E-state index contributed by atoms with van der Waals surface area (Å²) in [4.78, 5) is 12.7. The zero-order chi connectivity index (χ0) is 12.7. The standard InChI is InChI=1S/C12H16BrNO2S/c1-3-16-12(15)11(14-2)8-17-10-6-4-5-9(13)7-10/h4-7,11,14H,3,8H2,1-2H3. The quantitative estimate of drug-likeness (QED) is 0.646. The lowest BCUT2D eigenvalue weighted by Gasteiger charge is -2.14. The van der Waals surface area contributed by atoms with E-state index in [2.05, 4.69) is 21.2 Å². The van der Waals surface area contributed by atoms with Crippen molar-refractivity contribution in [2.45, 2.75) is 17.9 Å². The van der Waals surface area contributed by atoms with Gasteiger partial charge < -0.3 is 10.1 Å². The Morgan fingerprint density at radius 3 is 2.94 bits per heavy atom. The van der Waals surface area contributed by atoms with Crippen molar-refractivity contribution in [2.24, 2.45) is 0 Å². The summed E-state index contributed by atoms with van der Waals surface area (Å²) in [5.74, 6) is 0.462. The predicted molar refractivity (Wildman–Crippen MR) is 74.3 cm³/mol. The average Bonchev–Trinajstić information content (AvgIpc) is 2.30. The van der Waals surface area contributed by atoms with Gasteiger partial charge in [-0.15, -0.1) is 11.8 Å². The molecule has 1 unspecified atom stereocenters. The molecule has 0 fully saturated rings. The number of likely N-dealkylation sites (N-methyl/N-ethyl adjacent to an activating group) is 1. The monoisotopic (exact) mass is 317 g/mol. The van der Waals surface area contributed by atoms with E-state index in [4.69, 9.17) is 4.74 Å². The first-order chi connectivity index (χ1) is 8.17. The first-order valence-electron chi connectivity index (χ1n) is 5.39. The van der Waals surface area contributed by atoms with Gasteiger partial charge >= 0.3 is 5.97 Å². The molecule has 0 heterocycles. The molecule has 3 nitrogen and oxygen atoms in total. The fourth-order valence-corrected chi connectivity index (χ4v) is 2.85. The predicted octanol–water partition coefficient (Wildman–Crippen LogP) is 2.69. The van der Waals surface area contributed by atoms with E-state index < -0.39 is 0 Å². The molecule has 1 aromatic rings. The molecule has 0 aliphatic rings. The van der Waals surface area contributed by atoms with E-state index in [-0.39, 0.29) is 12.0 Å². The molecule has 0 aliphatic heterocycles. The summed E-state index contributed by atoms with van der Waals surface area (Å²) in [6.45, 7) is 2.23. The van der Waals surface area contributed by atoms with E-state index in [9.17, 15) is 4.79 Å². The van der Waals surface area contributed by atoms with Crippen LogP contribution in [0.2, 0.25) is 0 Å². The zero-order valence-corrected chi connectivity index (χ0v) is 12.3. The van der Waals surface area contributed by atoms with Crippen LogP contribution in [0.5, 0.6) is 0 Å². The summed E-state index contributed by atoms with van der Waals surface area (Å²) in [6.07, 6.45) is 0. The lowest BCUT2D eigenvalue weighted by Crippen LogP contribution is -2.37. The van der Waals surface area contributed by atoms with E-state index in [1.54, 1.807) is 18.8 Å². The minimum atomic E-state index is -0.265. The van der Waals surface area contributed by atoms with Gasteiger partial charge in [-0.2, -0.15) is 0 Å². The average molecular weight is 318 g/mol.